The Kier molecular flexibility index (Phi) is 6.60. The molecule has 2 amide bonds. The van der Waals surface area contributed by atoms with Crippen LogP contribution >= 0.6 is 11.3 Å². The number of esters is 1. The van der Waals surface area contributed by atoms with Gasteiger partial charge in [0.15, 0.2) is 12.4 Å². The van der Waals surface area contributed by atoms with E-state index in [1.54, 1.807) is 6.07 Å². The average molecular weight is 454 g/mol. The van der Waals surface area contributed by atoms with Crippen LogP contribution in [0.3, 0.4) is 0 Å². The standard InChI is InChI=1S/C19H13F3N2O6S/c20-19(21,22)30-12-5-3-11(4-6-12)23-15(25)10-29-18(27)14-7-8-16(31-14)24-17(26)13-2-1-9-28-13/h1-9H,10H2,(H,23,25)(H,24,26). The van der Waals surface area contributed by atoms with E-state index in [-0.39, 0.29) is 16.3 Å². The fraction of sp³-hybridized carbons (Fsp3) is 0.105. The molecule has 31 heavy (non-hydrogen) atoms. The van der Waals surface area contributed by atoms with Crippen molar-refractivity contribution in [2.24, 2.45) is 0 Å². The van der Waals surface area contributed by atoms with Crippen LogP contribution in [0.15, 0.2) is 59.2 Å². The van der Waals surface area contributed by atoms with E-state index in [9.17, 15) is 27.6 Å². The number of carbonyl (C=O) groups is 3. The molecule has 0 atom stereocenters. The van der Waals surface area contributed by atoms with Crippen molar-refractivity contribution in [3.05, 3.63) is 65.4 Å². The summed E-state index contributed by atoms with van der Waals surface area (Å²) in [6.45, 7) is -0.619. The molecule has 0 fully saturated rings. The van der Waals surface area contributed by atoms with Crippen LogP contribution in [0.1, 0.15) is 20.2 Å². The number of nitrogens with one attached hydrogen (secondary N) is 2. The van der Waals surface area contributed by atoms with Crippen molar-refractivity contribution in [1.29, 1.82) is 0 Å². The lowest BCUT2D eigenvalue weighted by atomic mass is 10.3. The fourth-order valence-corrected chi connectivity index (χ4v) is 3.03. The third-order valence-corrected chi connectivity index (χ3v) is 4.48. The van der Waals surface area contributed by atoms with Gasteiger partial charge in [-0.25, -0.2) is 4.79 Å². The molecule has 0 aliphatic heterocycles. The first-order chi connectivity index (χ1) is 14.7. The van der Waals surface area contributed by atoms with Gasteiger partial charge in [-0.15, -0.1) is 24.5 Å². The van der Waals surface area contributed by atoms with Crippen LogP contribution in [-0.2, 0) is 9.53 Å². The lowest BCUT2D eigenvalue weighted by Gasteiger charge is -2.10. The summed E-state index contributed by atoms with van der Waals surface area (Å²) in [6.07, 6.45) is -3.47. The zero-order valence-electron chi connectivity index (χ0n) is 15.4. The summed E-state index contributed by atoms with van der Waals surface area (Å²) in [5.41, 5.74) is 0.189. The molecule has 0 aliphatic rings. The minimum atomic E-state index is -4.82. The lowest BCUT2D eigenvalue weighted by molar-refractivity contribution is -0.274. The maximum absolute atomic E-state index is 12.1. The third kappa shape index (κ3) is 6.60. The van der Waals surface area contributed by atoms with Crippen LogP contribution in [0.5, 0.6) is 5.75 Å². The normalized spacial score (nSPS) is 10.9. The number of ether oxygens (including phenoxy) is 2. The smallest absolute Gasteiger partial charge is 0.459 e. The van der Waals surface area contributed by atoms with Gasteiger partial charge in [0.25, 0.3) is 11.8 Å². The summed E-state index contributed by atoms with van der Waals surface area (Å²) in [5, 5.41) is 5.30. The van der Waals surface area contributed by atoms with Crippen molar-refractivity contribution in [3.8, 4) is 5.75 Å². The average Bonchev–Trinajstić information content (AvgIpc) is 3.38. The molecular weight excluding hydrogens is 441 g/mol. The number of hydrogen-bond acceptors (Lipinski definition) is 7. The zero-order valence-corrected chi connectivity index (χ0v) is 16.2. The summed E-state index contributed by atoms with van der Waals surface area (Å²) < 4.78 is 50.0. The third-order valence-electron chi connectivity index (χ3n) is 3.49. The van der Waals surface area contributed by atoms with E-state index in [0.717, 1.165) is 23.5 Å². The Bertz CT molecular complexity index is 1060. The number of alkyl halides is 3. The number of anilines is 2. The highest BCUT2D eigenvalue weighted by molar-refractivity contribution is 7.18. The molecule has 0 radical (unpaired) electrons. The number of carbonyl (C=O) groups excluding carboxylic acids is 3. The molecule has 0 unspecified atom stereocenters. The molecule has 3 aromatic rings. The van der Waals surface area contributed by atoms with Gasteiger partial charge in [0.1, 0.15) is 10.6 Å². The maximum atomic E-state index is 12.1. The van der Waals surface area contributed by atoms with Gasteiger partial charge in [-0.2, -0.15) is 0 Å². The van der Waals surface area contributed by atoms with Gasteiger partial charge in [0, 0.05) is 5.69 Å². The molecule has 2 N–H and O–H groups in total. The number of benzene rings is 1. The topological polar surface area (TPSA) is 107 Å². The Morgan fingerprint density at radius 1 is 1.00 bits per heavy atom. The van der Waals surface area contributed by atoms with E-state index in [4.69, 9.17) is 9.15 Å². The largest absolute Gasteiger partial charge is 0.573 e. The molecule has 8 nitrogen and oxygen atoms in total. The van der Waals surface area contributed by atoms with Crippen LogP contribution in [-0.4, -0.2) is 30.8 Å². The monoisotopic (exact) mass is 454 g/mol. The van der Waals surface area contributed by atoms with E-state index in [2.05, 4.69) is 15.4 Å². The van der Waals surface area contributed by atoms with E-state index < -0.39 is 36.5 Å². The van der Waals surface area contributed by atoms with E-state index in [1.165, 1.54) is 36.6 Å². The molecule has 2 aromatic heterocycles. The molecule has 162 valence electrons. The van der Waals surface area contributed by atoms with Gasteiger partial charge < -0.3 is 24.5 Å². The molecule has 3 rings (SSSR count). The first kappa shape index (κ1) is 21.9. The second-order valence-corrected chi connectivity index (χ2v) is 6.88. The molecule has 2 heterocycles. The first-order valence-electron chi connectivity index (χ1n) is 8.47. The number of amides is 2. The summed E-state index contributed by atoms with van der Waals surface area (Å²) in [6, 6.07) is 10.4. The first-order valence-corrected chi connectivity index (χ1v) is 9.29. The van der Waals surface area contributed by atoms with Crippen LogP contribution in [0, 0.1) is 0 Å². The van der Waals surface area contributed by atoms with Crippen molar-refractivity contribution in [2.75, 3.05) is 17.2 Å². The molecule has 0 spiro atoms. The summed E-state index contributed by atoms with van der Waals surface area (Å²) in [4.78, 5) is 36.0. The number of thiophene rings is 1. The molecular formula is C19H13F3N2O6S. The Morgan fingerprint density at radius 3 is 2.39 bits per heavy atom. The van der Waals surface area contributed by atoms with Crippen LogP contribution < -0.4 is 15.4 Å². The Hall–Kier alpha value is -3.80. The summed E-state index contributed by atoms with van der Waals surface area (Å²) in [5.74, 6) is -2.30. The van der Waals surface area contributed by atoms with Crippen LogP contribution in [0.4, 0.5) is 23.9 Å². The number of furan rings is 1. The molecule has 0 bridgehead atoms. The number of rotatable bonds is 7. The van der Waals surface area contributed by atoms with Crippen molar-refractivity contribution >= 4 is 39.8 Å². The van der Waals surface area contributed by atoms with Crippen molar-refractivity contribution in [1.82, 2.24) is 0 Å². The predicted molar refractivity (Wildman–Crippen MR) is 103 cm³/mol. The minimum absolute atomic E-state index is 0.104. The Morgan fingerprint density at radius 2 is 1.74 bits per heavy atom. The molecule has 0 aliphatic carbocycles. The zero-order chi connectivity index (χ0) is 22.4. The van der Waals surface area contributed by atoms with E-state index in [0.29, 0.717) is 5.00 Å². The van der Waals surface area contributed by atoms with Gasteiger partial charge >= 0.3 is 12.3 Å². The SMILES string of the molecule is O=C(COC(=O)c1ccc(NC(=O)c2ccco2)s1)Nc1ccc(OC(F)(F)F)cc1. The highest BCUT2D eigenvalue weighted by Gasteiger charge is 2.31. The van der Waals surface area contributed by atoms with E-state index >= 15 is 0 Å². The van der Waals surface area contributed by atoms with Crippen LogP contribution in [0.2, 0.25) is 0 Å². The molecule has 0 saturated heterocycles. The summed E-state index contributed by atoms with van der Waals surface area (Å²) >= 11 is 0.943. The minimum Gasteiger partial charge on any atom is -0.459 e. The van der Waals surface area contributed by atoms with Crippen molar-refractivity contribution in [3.63, 3.8) is 0 Å². The predicted octanol–water partition coefficient (Wildman–Crippen LogP) is 4.29. The molecule has 12 heteroatoms. The Labute approximate surface area is 176 Å². The maximum Gasteiger partial charge on any atom is 0.573 e. The number of hydrogen-bond donors (Lipinski definition) is 2. The molecule has 0 saturated carbocycles. The van der Waals surface area contributed by atoms with Gasteiger partial charge in [-0.05, 0) is 48.5 Å². The highest BCUT2D eigenvalue weighted by atomic mass is 32.1. The lowest BCUT2D eigenvalue weighted by Crippen LogP contribution is -2.20. The number of halogens is 3. The Balaban J connectivity index is 1.46. The quantitative estimate of drug-likeness (QED) is 0.516. The van der Waals surface area contributed by atoms with Gasteiger partial charge in [-0.1, -0.05) is 0 Å². The van der Waals surface area contributed by atoms with Crippen molar-refractivity contribution in [2.45, 2.75) is 6.36 Å². The fourth-order valence-electron chi connectivity index (χ4n) is 2.24. The highest BCUT2D eigenvalue weighted by Crippen LogP contribution is 2.25. The second kappa shape index (κ2) is 9.34. The van der Waals surface area contributed by atoms with Crippen molar-refractivity contribution < 1.29 is 41.4 Å². The van der Waals surface area contributed by atoms with Gasteiger partial charge in [0.05, 0.1) is 11.3 Å². The second-order valence-electron chi connectivity index (χ2n) is 5.79. The van der Waals surface area contributed by atoms with Crippen LogP contribution in [0.25, 0.3) is 0 Å². The molecule has 1 aromatic carbocycles. The summed E-state index contributed by atoms with van der Waals surface area (Å²) in [7, 11) is 0. The van der Waals surface area contributed by atoms with E-state index in [1.807, 2.05) is 0 Å². The van der Waals surface area contributed by atoms with Gasteiger partial charge in [0.2, 0.25) is 0 Å². The van der Waals surface area contributed by atoms with Gasteiger partial charge in [-0.3, -0.25) is 9.59 Å².